The van der Waals surface area contributed by atoms with Crippen molar-refractivity contribution in [1.29, 1.82) is 0 Å². The molecule has 6 nitrogen and oxygen atoms in total. The summed E-state index contributed by atoms with van der Waals surface area (Å²) >= 11 is 0. The van der Waals surface area contributed by atoms with Crippen molar-refractivity contribution in [2.24, 2.45) is 0 Å². The molecule has 0 bridgehead atoms. The third-order valence-electron chi connectivity index (χ3n) is 2.82. The summed E-state index contributed by atoms with van der Waals surface area (Å²) in [4.78, 5) is 11.9. The van der Waals surface area contributed by atoms with Gasteiger partial charge in [0, 0.05) is 18.5 Å². The van der Waals surface area contributed by atoms with Gasteiger partial charge in [-0.15, -0.1) is 0 Å². The van der Waals surface area contributed by atoms with Crippen LogP contribution in [0.4, 0.5) is 5.69 Å². The molecule has 2 aromatic rings. The minimum Gasteiger partial charge on any atom is -0.455 e. The van der Waals surface area contributed by atoms with E-state index in [0.717, 1.165) is 5.69 Å². The van der Waals surface area contributed by atoms with Crippen LogP contribution in [-0.2, 0) is 9.47 Å². The first-order chi connectivity index (χ1) is 10.1. The molecule has 6 heteroatoms. The van der Waals surface area contributed by atoms with Gasteiger partial charge in [-0.2, -0.15) is 5.10 Å². The van der Waals surface area contributed by atoms with Crippen LogP contribution in [0.1, 0.15) is 24.3 Å². The fourth-order valence-corrected chi connectivity index (χ4v) is 1.76. The quantitative estimate of drug-likeness (QED) is 0.650. The van der Waals surface area contributed by atoms with Gasteiger partial charge in [0.05, 0.1) is 12.3 Å². The maximum atomic E-state index is 11.9. The number of nitrogens with two attached hydrogens (primary N) is 1. The van der Waals surface area contributed by atoms with E-state index >= 15 is 0 Å². The standard InChI is InChI=1S/C15H19N3O3/c1-3-20-10-11(2)21-15(19)14-8-9-18(17-14)13-6-4-12(16)5-7-13/h4-9,11H,3,10,16H2,1-2H3. The fourth-order valence-electron chi connectivity index (χ4n) is 1.76. The highest BCUT2D eigenvalue weighted by Gasteiger charge is 2.15. The first-order valence-corrected chi connectivity index (χ1v) is 6.80. The molecule has 1 unspecified atom stereocenters. The lowest BCUT2D eigenvalue weighted by atomic mass is 10.3. The normalized spacial score (nSPS) is 12.1. The molecule has 2 rings (SSSR count). The van der Waals surface area contributed by atoms with E-state index in [2.05, 4.69) is 5.10 Å². The van der Waals surface area contributed by atoms with Gasteiger partial charge in [0.25, 0.3) is 0 Å². The maximum absolute atomic E-state index is 11.9. The smallest absolute Gasteiger partial charge is 0.359 e. The number of esters is 1. The molecule has 0 saturated heterocycles. The third-order valence-corrected chi connectivity index (χ3v) is 2.82. The molecule has 0 fully saturated rings. The summed E-state index contributed by atoms with van der Waals surface area (Å²) in [6.07, 6.45) is 1.40. The SMILES string of the molecule is CCOCC(C)OC(=O)c1ccn(-c2ccc(N)cc2)n1. The summed E-state index contributed by atoms with van der Waals surface area (Å²) in [5.74, 6) is -0.462. The van der Waals surface area contributed by atoms with Gasteiger partial charge in [0.1, 0.15) is 6.10 Å². The van der Waals surface area contributed by atoms with Crippen molar-refractivity contribution >= 4 is 11.7 Å². The molecule has 1 heterocycles. The van der Waals surface area contributed by atoms with Crippen molar-refractivity contribution in [3.63, 3.8) is 0 Å². The van der Waals surface area contributed by atoms with Gasteiger partial charge in [-0.3, -0.25) is 0 Å². The molecular weight excluding hydrogens is 270 g/mol. The van der Waals surface area contributed by atoms with E-state index in [4.69, 9.17) is 15.2 Å². The van der Waals surface area contributed by atoms with Crippen molar-refractivity contribution < 1.29 is 14.3 Å². The number of nitrogen functional groups attached to an aromatic ring is 1. The average Bonchev–Trinajstić information content (AvgIpc) is 2.96. The minimum absolute atomic E-state index is 0.259. The van der Waals surface area contributed by atoms with Crippen molar-refractivity contribution in [2.45, 2.75) is 20.0 Å². The topological polar surface area (TPSA) is 79.4 Å². The van der Waals surface area contributed by atoms with Crippen LogP contribution in [0.3, 0.4) is 0 Å². The number of rotatable bonds is 6. The van der Waals surface area contributed by atoms with Crippen molar-refractivity contribution in [2.75, 3.05) is 18.9 Å². The summed E-state index contributed by atoms with van der Waals surface area (Å²) < 4.78 is 12.1. The minimum atomic E-state index is -0.462. The van der Waals surface area contributed by atoms with Gasteiger partial charge in [0.15, 0.2) is 5.69 Å². The molecule has 0 aliphatic rings. The van der Waals surface area contributed by atoms with Crippen LogP contribution in [0.15, 0.2) is 36.5 Å². The van der Waals surface area contributed by atoms with E-state index in [1.54, 1.807) is 36.0 Å². The summed E-state index contributed by atoms with van der Waals surface area (Å²) in [6.45, 7) is 4.64. The second-order valence-corrected chi connectivity index (χ2v) is 4.61. The highest BCUT2D eigenvalue weighted by Crippen LogP contribution is 2.11. The zero-order valence-electron chi connectivity index (χ0n) is 12.2. The highest BCUT2D eigenvalue weighted by molar-refractivity contribution is 5.87. The van der Waals surface area contributed by atoms with Crippen LogP contribution in [0.2, 0.25) is 0 Å². The largest absolute Gasteiger partial charge is 0.455 e. The Morgan fingerprint density at radius 2 is 2.05 bits per heavy atom. The molecule has 1 aromatic carbocycles. The van der Waals surface area contributed by atoms with E-state index in [-0.39, 0.29) is 11.8 Å². The van der Waals surface area contributed by atoms with Gasteiger partial charge >= 0.3 is 5.97 Å². The predicted molar refractivity (Wildman–Crippen MR) is 79.3 cm³/mol. The number of aromatic nitrogens is 2. The number of anilines is 1. The Bertz CT molecular complexity index is 592. The van der Waals surface area contributed by atoms with Crippen molar-refractivity contribution in [3.8, 4) is 5.69 Å². The van der Waals surface area contributed by atoms with Gasteiger partial charge < -0.3 is 15.2 Å². The first-order valence-electron chi connectivity index (χ1n) is 6.80. The highest BCUT2D eigenvalue weighted by atomic mass is 16.6. The molecule has 1 atom stereocenters. The lowest BCUT2D eigenvalue weighted by Gasteiger charge is -2.11. The zero-order valence-corrected chi connectivity index (χ0v) is 12.2. The third kappa shape index (κ3) is 4.06. The van der Waals surface area contributed by atoms with Gasteiger partial charge in [-0.1, -0.05) is 0 Å². The molecule has 0 aliphatic heterocycles. The number of hydrogen-bond acceptors (Lipinski definition) is 5. The Hall–Kier alpha value is -2.34. The van der Waals surface area contributed by atoms with E-state index < -0.39 is 5.97 Å². The van der Waals surface area contributed by atoms with Crippen LogP contribution in [-0.4, -0.2) is 35.1 Å². The molecule has 0 aliphatic carbocycles. The molecule has 0 saturated carbocycles. The summed E-state index contributed by atoms with van der Waals surface area (Å²) in [5.41, 5.74) is 7.40. The lowest BCUT2D eigenvalue weighted by molar-refractivity contribution is 0.00384. The van der Waals surface area contributed by atoms with Crippen LogP contribution >= 0.6 is 0 Å². The van der Waals surface area contributed by atoms with Crippen LogP contribution in [0, 0.1) is 0 Å². The lowest BCUT2D eigenvalue weighted by Crippen LogP contribution is -2.20. The zero-order chi connectivity index (χ0) is 15.2. The molecule has 21 heavy (non-hydrogen) atoms. The molecule has 1 aromatic heterocycles. The first kappa shape index (κ1) is 15.1. The Labute approximate surface area is 123 Å². The van der Waals surface area contributed by atoms with Gasteiger partial charge in [-0.25, -0.2) is 9.48 Å². The monoisotopic (exact) mass is 289 g/mol. The second-order valence-electron chi connectivity index (χ2n) is 4.61. The molecule has 0 radical (unpaired) electrons. The Kier molecular flexibility index (Phi) is 4.94. The Morgan fingerprint density at radius 1 is 1.33 bits per heavy atom. The van der Waals surface area contributed by atoms with Crippen LogP contribution < -0.4 is 5.73 Å². The number of ether oxygens (including phenoxy) is 2. The van der Waals surface area contributed by atoms with Crippen molar-refractivity contribution in [3.05, 3.63) is 42.2 Å². The Balaban J connectivity index is 2.02. The molecule has 112 valence electrons. The van der Waals surface area contributed by atoms with Crippen LogP contribution in [0.25, 0.3) is 5.69 Å². The van der Waals surface area contributed by atoms with Gasteiger partial charge in [-0.05, 0) is 44.2 Å². The summed E-state index contributed by atoms with van der Waals surface area (Å²) in [5, 5.41) is 4.20. The second kappa shape index (κ2) is 6.90. The number of hydrogen-bond donors (Lipinski definition) is 1. The van der Waals surface area contributed by atoms with E-state index in [0.29, 0.717) is 18.9 Å². The predicted octanol–water partition coefficient (Wildman–Crippen LogP) is 2.04. The Morgan fingerprint density at radius 3 is 2.71 bits per heavy atom. The van der Waals surface area contributed by atoms with Crippen molar-refractivity contribution in [1.82, 2.24) is 9.78 Å². The van der Waals surface area contributed by atoms with E-state index in [1.165, 1.54) is 0 Å². The molecular formula is C15H19N3O3. The molecule has 2 N–H and O–H groups in total. The summed E-state index contributed by atoms with van der Waals surface area (Å²) in [7, 11) is 0. The average molecular weight is 289 g/mol. The number of benzene rings is 1. The van der Waals surface area contributed by atoms with E-state index in [9.17, 15) is 4.79 Å². The number of nitrogens with zero attached hydrogens (tertiary/aromatic N) is 2. The van der Waals surface area contributed by atoms with Gasteiger partial charge in [0.2, 0.25) is 0 Å². The van der Waals surface area contributed by atoms with Crippen LogP contribution in [0.5, 0.6) is 0 Å². The summed E-state index contributed by atoms with van der Waals surface area (Å²) in [6, 6.07) is 8.83. The van der Waals surface area contributed by atoms with E-state index in [1.807, 2.05) is 19.1 Å². The fraction of sp³-hybridized carbons (Fsp3) is 0.333. The maximum Gasteiger partial charge on any atom is 0.359 e. The number of carbonyl (C=O) groups excluding carboxylic acids is 1. The molecule has 0 spiro atoms. The molecule has 0 amide bonds. The number of carbonyl (C=O) groups is 1.